The number of hydrogen-bond donors (Lipinski definition) is 2. The number of nitrogens with zero attached hydrogens (tertiary/aromatic N) is 2. The summed E-state index contributed by atoms with van der Waals surface area (Å²) < 4.78 is 53.3. The van der Waals surface area contributed by atoms with E-state index in [1.807, 2.05) is 0 Å². The van der Waals surface area contributed by atoms with Crippen LogP contribution >= 0.6 is 11.6 Å². The van der Waals surface area contributed by atoms with Crippen LogP contribution in [0.15, 0.2) is 71.9 Å². The molecular formula is C23H25ClN4O5S2. The highest BCUT2D eigenvalue weighted by Crippen LogP contribution is 2.26. The molecular weight excluding hydrogens is 512 g/mol. The van der Waals surface area contributed by atoms with Crippen LogP contribution in [-0.2, 0) is 24.8 Å². The van der Waals surface area contributed by atoms with Gasteiger partial charge in [0.05, 0.1) is 28.7 Å². The van der Waals surface area contributed by atoms with E-state index >= 15 is 0 Å². The molecule has 0 aliphatic heterocycles. The highest BCUT2D eigenvalue weighted by Gasteiger charge is 2.20. The molecule has 9 nitrogen and oxygen atoms in total. The number of carbonyl (C=O) groups excluding carboxylic acids is 1. The number of hydrogen-bond acceptors (Lipinski definition) is 6. The van der Waals surface area contributed by atoms with E-state index in [9.17, 15) is 21.6 Å². The molecule has 2 N–H and O–H groups in total. The average molecular weight is 537 g/mol. The van der Waals surface area contributed by atoms with Crippen molar-refractivity contribution >= 4 is 54.6 Å². The molecule has 0 unspecified atom stereocenters. The van der Waals surface area contributed by atoms with Crippen molar-refractivity contribution in [1.82, 2.24) is 4.98 Å². The molecule has 0 bridgehead atoms. The first-order valence-corrected chi connectivity index (χ1v) is 14.2. The quantitative estimate of drug-likeness (QED) is 0.403. The van der Waals surface area contributed by atoms with E-state index in [1.165, 1.54) is 41.0 Å². The molecule has 3 rings (SSSR count). The molecule has 0 atom stereocenters. The second-order valence-corrected chi connectivity index (χ2v) is 11.8. The van der Waals surface area contributed by atoms with Crippen LogP contribution in [0.1, 0.15) is 18.4 Å². The summed E-state index contributed by atoms with van der Waals surface area (Å²) in [5.74, 6) is -0.328. The van der Waals surface area contributed by atoms with Crippen LogP contribution in [0, 0.1) is 6.92 Å². The van der Waals surface area contributed by atoms with Gasteiger partial charge in [-0.15, -0.1) is 0 Å². The summed E-state index contributed by atoms with van der Waals surface area (Å²) >= 11 is 6.04. The highest BCUT2D eigenvalue weighted by molar-refractivity contribution is 7.92. The zero-order chi connectivity index (χ0) is 25.6. The van der Waals surface area contributed by atoms with Crippen molar-refractivity contribution in [2.45, 2.75) is 24.7 Å². The Kier molecular flexibility index (Phi) is 8.36. The SMILES string of the molecule is Cc1ccc(Cl)cc1N(CCCC(=O)Nc1ccc(S(=O)(=O)Nc2cccnc2)cc1)S(C)(=O)=O. The summed E-state index contributed by atoms with van der Waals surface area (Å²) in [5.41, 5.74) is 1.97. The Morgan fingerprint density at radius 2 is 1.74 bits per heavy atom. The normalized spacial score (nSPS) is 11.6. The minimum Gasteiger partial charge on any atom is -0.326 e. The summed E-state index contributed by atoms with van der Waals surface area (Å²) in [5, 5.41) is 3.10. The zero-order valence-electron chi connectivity index (χ0n) is 19.1. The van der Waals surface area contributed by atoms with E-state index in [0.717, 1.165) is 11.8 Å². The maximum atomic E-state index is 12.5. The molecule has 1 aromatic heterocycles. The first-order chi connectivity index (χ1) is 16.5. The van der Waals surface area contributed by atoms with Crippen LogP contribution in [0.4, 0.5) is 17.1 Å². The van der Waals surface area contributed by atoms with E-state index in [-0.39, 0.29) is 30.2 Å². The van der Waals surface area contributed by atoms with Gasteiger partial charge in [-0.2, -0.15) is 0 Å². The molecule has 12 heteroatoms. The fourth-order valence-corrected chi connectivity index (χ4v) is 5.50. The Balaban J connectivity index is 1.59. The van der Waals surface area contributed by atoms with Crippen LogP contribution in [0.25, 0.3) is 0 Å². The van der Waals surface area contributed by atoms with Gasteiger partial charge < -0.3 is 5.32 Å². The molecule has 0 aliphatic carbocycles. The van der Waals surface area contributed by atoms with E-state index in [0.29, 0.717) is 22.1 Å². The number of halogens is 1. The summed E-state index contributed by atoms with van der Waals surface area (Å²) in [6.07, 6.45) is 4.36. The third kappa shape index (κ3) is 7.41. The summed E-state index contributed by atoms with van der Waals surface area (Å²) in [4.78, 5) is 16.3. The number of amides is 1. The molecule has 3 aromatic rings. The first kappa shape index (κ1) is 26.5. The molecule has 35 heavy (non-hydrogen) atoms. The molecule has 0 aliphatic rings. The Hall–Kier alpha value is -3.15. The fraction of sp³-hybridized carbons (Fsp3) is 0.217. The van der Waals surface area contributed by atoms with Crippen molar-refractivity contribution in [3.63, 3.8) is 0 Å². The van der Waals surface area contributed by atoms with Crippen LogP contribution < -0.4 is 14.3 Å². The van der Waals surface area contributed by atoms with Crippen molar-refractivity contribution in [1.29, 1.82) is 0 Å². The zero-order valence-corrected chi connectivity index (χ0v) is 21.5. The van der Waals surface area contributed by atoms with Gasteiger partial charge in [0.15, 0.2) is 0 Å². The summed E-state index contributed by atoms with van der Waals surface area (Å²) in [6.45, 7) is 1.89. The number of carbonyl (C=O) groups is 1. The maximum absolute atomic E-state index is 12.5. The Bertz CT molecular complexity index is 1400. The number of nitrogens with one attached hydrogen (secondary N) is 2. The number of aryl methyl sites for hydroxylation is 1. The van der Waals surface area contributed by atoms with Crippen molar-refractivity contribution in [2.75, 3.05) is 27.1 Å². The second-order valence-electron chi connectivity index (χ2n) is 7.79. The molecule has 0 spiro atoms. The van der Waals surface area contributed by atoms with E-state index in [2.05, 4.69) is 15.0 Å². The van der Waals surface area contributed by atoms with Gasteiger partial charge in [0.1, 0.15) is 0 Å². The molecule has 186 valence electrons. The van der Waals surface area contributed by atoms with Crippen molar-refractivity contribution in [3.8, 4) is 0 Å². The van der Waals surface area contributed by atoms with Crippen molar-refractivity contribution in [2.24, 2.45) is 0 Å². The number of rotatable bonds is 10. The van der Waals surface area contributed by atoms with E-state index < -0.39 is 20.0 Å². The number of pyridine rings is 1. The van der Waals surface area contributed by atoms with Gasteiger partial charge in [0, 0.05) is 29.9 Å². The lowest BCUT2D eigenvalue weighted by atomic mass is 10.2. The monoisotopic (exact) mass is 536 g/mol. The van der Waals surface area contributed by atoms with Gasteiger partial charge in [-0.25, -0.2) is 16.8 Å². The molecule has 0 saturated heterocycles. The van der Waals surface area contributed by atoms with E-state index in [1.54, 1.807) is 37.3 Å². The third-order valence-corrected chi connectivity index (χ3v) is 7.78. The lowest BCUT2D eigenvalue weighted by Gasteiger charge is -2.24. The van der Waals surface area contributed by atoms with Crippen LogP contribution in [0.2, 0.25) is 5.02 Å². The standard InChI is InChI=1S/C23H25ClN4O5S2/c1-17-7-8-18(24)15-22(17)28(34(2,30)31)14-4-6-23(29)26-19-9-11-21(12-10-19)35(32,33)27-20-5-3-13-25-16-20/h3,5,7-13,15-16,27H,4,6,14H2,1-2H3,(H,26,29). The lowest BCUT2D eigenvalue weighted by Crippen LogP contribution is -2.32. The molecule has 0 fully saturated rings. The average Bonchev–Trinajstić information content (AvgIpc) is 2.78. The second kappa shape index (κ2) is 11.1. The molecule has 1 amide bonds. The summed E-state index contributed by atoms with van der Waals surface area (Å²) in [6, 6.07) is 13.9. The Labute approximate surface area is 210 Å². The molecule has 2 aromatic carbocycles. The molecule has 1 heterocycles. The summed E-state index contributed by atoms with van der Waals surface area (Å²) in [7, 11) is -7.38. The van der Waals surface area contributed by atoms with Gasteiger partial charge in [0.2, 0.25) is 15.9 Å². The smallest absolute Gasteiger partial charge is 0.261 e. The van der Waals surface area contributed by atoms with Gasteiger partial charge in [-0.05, 0) is 67.4 Å². The topological polar surface area (TPSA) is 126 Å². The largest absolute Gasteiger partial charge is 0.326 e. The Morgan fingerprint density at radius 1 is 1.03 bits per heavy atom. The van der Waals surface area contributed by atoms with Crippen LogP contribution in [0.3, 0.4) is 0 Å². The Morgan fingerprint density at radius 3 is 2.37 bits per heavy atom. The predicted molar refractivity (Wildman–Crippen MR) is 138 cm³/mol. The molecule has 0 radical (unpaired) electrons. The third-order valence-electron chi connectivity index (χ3n) is 4.97. The number of anilines is 3. The van der Waals surface area contributed by atoms with Gasteiger partial charge >= 0.3 is 0 Å². The van der Waals surface area contributed by atoms with Crippen LogP contribution in [0.5, 0.6) is 0 Å². The van der Waals surface area contributed by atoms with Gasteiger partial charge in [-0.1, -0.05) is 17.7 Å². The number of sulfonamides is 2. The first-order valence-electron chi connectivity index (χ1n) is 10.5. The fourth-order valence-electron chi connectivity index (χ4n) is 3.28. The van der Waals surface area contributed by atoms with Crippen LogP contribution in [-0.4, -0.2) is 40.5 Å². The van der Waals surface area contributed by atoms with Crippen molar-refractivity contribution < 1.29 is 21.6 Å². The van der Waals surface area contributed by atoms with E-state index in [4.69, 9.17) is 11.6 Å². The van der Waals surface area contributed by atoms with Gasteiger partial charge in [0.25, 0.3) is 10.0 Å². The number of benzene rings is 2. The van der Waals surface area contributed by atoms with Crippen molar-refractivity contribution in [3.05, 3.63) is 77.6 Å². The molecule has 0 saturated carbocycles. The van der Waals surface area contributed by atoms with Gasteiger partial charge in [-0.3, -0.25) is 18.8 Å². The highest BCUT2D eigenvalue weighted by atomic mass is 35.5. The maximum Gasteiger partial charge on any atom is 0.261 e. The lowest BCUT2D eigenvalue weighted by molar-refractivity contribution is -0.116. The number of aromatic nitrogens is 1. The predicted octanol–water partition coefficient (Wildman–Crippen LogP) is 4.03. The minimum atomic E-state index is -3.80. The minimum absolute atomic E-state index is 0.0278.